The molecule has 1 amide bonds. The summed E-state index contributed by atoms with van der Waals surface area (Å²) < 4.78 is 15.6. The van der Waals surface area contributed by atoms with Gasteiger partial charge in [-0.1, -0.05) is 12.1 Å². The SMILES string of the molecule is COc1cccc(/C=C/C(=O)O[C@H](C)C(=O)Nc2ccc(C#N)cc2)c1OC. The van der Waals surface area contributed by atoms with E-state index >= 15 is 0 Å². The van der Waals surface area contributed by atoms with Crippen molar-refractivity contribution >= 4 is 23.6 Å². The summed E-state index contributed by atoms with van der Waals surface area (Å²) in [5.41, 5.74) is 1.62. The van der Waals surface area contributed by atoms with Crippen molar-refractivity contribution in [3.05, 3.63) is 59.7 Å². The molecule has 0 radical (unpaired) electrons. The summed E-state index contributed by atoms with van der Waals surface area (Å²) in [6.07, 6.45) is 1.73. The van der Waals surface area contributed by atoms with Gasteiger partial charge >= 0.3 is 5.97 Å². The van der Waals surface area contributed by atoms with Crippen LogP contribution in [0.4, 0.5) is 5.69 Å². The first-order valence-electron chi connectivity index (χ1n) is 8.39. The molecule has 7 nitrogen and oxygen atoms in total. The number of hydrogen-bond acceptors (Lipinski definition) is 6. The third-order valence-corrected chi connectivity index (χ3v) is 3.78. The summed E-state index contributed by atoms with van der Waals surface area (Å²) in [5.74, 6) is -0.133. The molecule has 0 aliphatic rings. The molecular formula is C21H20N2O5. The number of nitriles is 1. The Kier molecular flexibility index (Phi) is 7.17. The van der Waals surface area contributed by atoms with Gasteiger partial charge in [0.25, 0.3) is 5.91 Å². The Hall–Kier alpha value is -3.79. The number of anilines is 1. The Morgan fingerprint density at radius 3 is 2.43 bits per heavy atom. The second-order valence-electron chi connectivity index (χ2n) is 5.67. The third kappa shape index (κ3) is 5.35. The molecule has 0 saturated heterocycles. The number of ether oxygens (including phenoxy) is 3. The largest absolute Gasteiger partial charge is 0.493 e. The van der Waals surface area contributed by atoms with E-state index < -0.39 is 18.0 Å². The molecule has 28 heavy (non-hydrogen) atoms. The van der Waals surface area contributed by atoms with E-state index in [1.807, 2.05) is 6.07 Å². The van der Waals surface area contributed by atoms with E-state index in [1.165, 1.54) is 33.3 Å². The van der Waals surface area contributed by atoms with Gasteiger partial charge in [0, 0.05) is 17.3 Å². The van der Waals surface area contributed by atoms with Gasteiger partial charge in [-0.3, -0.25) is 4.79 Å². The lowest BCUT2D eigenvalue weighted by molar-refractivity contribution is -0.148. The number of carbonyl (C=O) groups is 2. The molecule has 0 unspecified atom stereocenters. The van der Waals surface area contributed by atoms with E-state index in [4.69, 9.17) is 19.5 Å². The smallest absolute Gasteiger partial charge is 0.331 e. The van der Waals surface area contributed by atoms with Gasteiger partial charge in [0.1, 0.15) is 0 Å². The lowest BCUT2D eigenvalue weighted by Gasteiger charge is -2.12. The van der Waals surface area contributed by atoms with Gasteiger partial charge in [0.15, 0.2) is 17.6 Å². The van der Waals surface area contributed by atoms with Crippen LogP contribution in [-0.2, 0) is 14.3 Å². The molecule has 0 aliphatic carbocycles. The molecule has 0 aromatic heterocycles. The summed E-state index contributed by atoms with van der Waals surface area (Å²) in [5, 5.41) is 11.4. The molecule has 2 aromatic rings. The zero-order valence-electron chi connectivity index (χ0n) is 15.8. The highest BCUT2D eigenvalue weighted by Crippen LogP contribution is 2.31. The first-order valence-corrected chi connectivity index (χ1v) is 8.39. The van der Waals surface area contributed by atoms with Crippen LogP contribution in [0.1, 0.15) is 18.1 Å². The third-order valence-electron chi connectivity index (χ3n) is 3.78. The van der Waals surface area contributed by atoms with Gasteiger partial charge in [-0.25, -0.2) is 4.79 Å². The first-order chi connectivity index (χ1) is 13.5. The molecule has 0 heterocycles. The zero-order chi connectivity index (χ0) is 20.5. The number of rotatable bonds is 7. The van der Waals surface area contributed by atoms with Crippen molar-refractivity contribution in [2.24, 2.45) is 0 Å². The minimum Gasteiger partial charge on any atom is -0.493 e. The molecule has 0 spiro atoms. The molecule has 144 valence electrons. The van der Waals surface area contributed by atoms with E-state index in [2.05, 4.69) is 5.32 Å². The van der Waals surface area contributed by atoms with E-state index in [9.17, 15) is 9.59 Å². The lowest BCUT2D eigenvalue weighted by atomic mass is 10.1. The Balaban J connectivity index is 1.97. The fourth-order valence-corrected chi connectivity index (χ4v) is 2.34. The number of nitrogens with zero attached hydrogens (tertiary/aromatic N) is 1. The van der Waals surface area contributed by atoms with Crippen molar-refractivity contribution in [2.45, 2.75) is 13.0 Å². The van der Waals surface area contributed by atoms with Crippen molar-refractivity contribution in [3.63, 3.8) is 0 Å². The van der Waals surface area contributed by atoms with E-state index in [0.29, 0.717) is 28.3 Å². The van der Waals surface area contributed by atoms with Crippen molar-refractivity contribution in [2.75, 3.05) is 19.5 Å². The van der Waals surface area contributed by atoms with E-state index in [-0.39, 0.29) is 0 Å². The summed E-state index contributed by atoms with van der Waals surface area (Å²) in [6.45, 7) is 1.47. The van der Waals surface area contributed by atoms with Gasteiger partial charge in [-0.15, -0.1) is 0 Å². The molecule has 0 saturated carbocycles. The Labute approximate surface area is 163 Å². The predicted molar refractivity (Wildman–Crippen MR) is 104 cm³/mol. The summed E-state index contributed by atoms with van der Waals surface area (Å²) >= 11 is 0. The van der Waals surface area contributed by atoms with Gasteiger partial charge in [-0.2, -0.15) is 5.26 Å². The number of benzene rings is 2. The van der Waals surface area contributed by atoms with Crippen molar-refractivity contribution in [1.29, 1.82) is 5.26 Å². The minimum absolute atomic E-state index is 0.481. The number of nitrogens with one attached hydrogen (secondary N) is 1. The van der Waals surface area contributed by atoms with Crippen LogP contribution < -0.4 is 14.8 Å². The number of amides is 1. The number of para-hydroxylation sites is 1. The number of carbonyl (C=O) groups excluding carboxylic acids is 2. The zero-order valence-corrected chi connectivity index (χ0v) is 15.8. The van der Waals surface area contributed by atoms with Crippen molar-refractivity contribution in [1.82, 2.24) is 0 Å². The van der Waals surface area contributed by atoms with Crippen LogP contribution in [0, 0.1) is 11.3 Å². The Bertz CT molecular complexity index is 913. The fourth-order valence-electron chi connectivity index (χ4n) is 2.34. The summed E-state index contributed by atoms with van der Waals surface area (Å²) in [4.78, 5) is 24.2. The molecule has 1 N–H and O–H groups in total. The van der Waals surface area contributed by atoms with Crippen LogP contribution in [0.25, 0.3) is 6.08 Å². The summed E-state index contributed by atoms with van der Waals surface area (Å²) in [7, 11) is 3.02. The van der Waals surface area contributed by atoms with Crippen molar-refractivity contribution in [3.8, 4) is 17.6 Å². The molecule has 0 fully saturated rings. The number of esters is 1. The fraction of sp³-hybridized carbons (Fsp3) is 0.190. The van der Waals surface area contributed by atoms with Gasteiger partial charge < -0.3 is 19.5 Å². The van der Waals surface area contributed by atoms with Gasteiger partial charge in [-0.05, 0) is 43.3 Å². The maximum absolute atomic E-state index is 12.1. The van der Waals surface area contributed by atoms with Gasteiger partial charge in [0.2, 0.25) is 0 Å². The van der Waals surface area contributed by atoms with E-state index in [0.717, 1.165) is 0 Å². The topological polar surface area (TPSA) is 97.6 Å². The molecular weight excluding hydrogens is 360 g/mol. The average Bonchev–Trinajstić information content (AvgIpc) is 2.72. The monoisotopic (exact) mass is 380 g/mol. The van der Waals surface area contributed by atoms with Crippen LogP contribution in [0.3, 0.4) is 0 Å². The van der Waals surface area contributed by atoms with Crippen LogP contribution in [0.15, 0.2) is 48.5 Å². The summed E-state index contributed by atoms with van der Waals surface area (Å²) in [6, 6.07) is 13.6. The molecule has 1 atom stereocenters. The standard InChI is InChI=1S/C21H20N2O5/c1-14(21(25)23-17-10-7-15(13-22)8-11-17)28-19(24)12-9-16-5-4-6-18(26-2)20(16)27-3/h4-12,14H,1-3H3,(H,23,25)/b12-9+/t14-/m1/s1. The molecule has 2 rings (SSSR count). The first kappa shape index (κ1) is 20.5. The van der Waals surface area contributed by atoms with Crippen LogP contribution in [0.5, 0.6) is 11.5 Å². The number of methoxy groups -OCH3 is 2. The minimum atomic E-state index is -1.00. The van der Waals surface area contributed by atoms with Gasteiger partial charge in [0.05, 0.1) is 25.9 Å². The molecule has 2 aromatic carbocycles. The molecule has 0 bridgehead atoms. The highest BCUT2D eigenvalue weighted by atomic mass is 16.5. The highest BCUT2D eigenvalue weighted by molar-refractivity contribution is 5.96. The van der Waals surface area contributed by atoms with Crippen molar-refractivity contribution < 1.29 is 23.8 Å². The van der Waals surface area contributed by atoms with Crippen LogP contribution >= 0.6 is 0 Å². The van der Waals surface area contributed by atoms with Crippen LogP contribution in [0.2, 0.25) is 0 Å². The Morgan fingerprint density at radius 2 is 1.82 bits per heavy atom. The predicted octanol–water partition coefficient (Wildman–Crippen LogP) is 3.16. The second-order valence-corrected chi connectivity index (χ2v) is 5.67. The number of hydrogen-bond donors (Lipinski definition) is 1. The van der Waals surface area contributed by atoms with Crippen LogP contribution in [-0.4, -0.2) is 32.2 Å². The lowest BCUT2D eigenvalue weighted by Crippen LogP contribution is -2.29. The maximum atomic E-state index is 12.1. The molecule has 0 aliphatic heterocycles. The maximum Gasteiger partial charge on any atom is 0.331 e. The molecule has 7 heteroatoms. The highest BCUT2D eigenvalue weighted by Gasteiger charge is 2.17. The second kappa shape index (κ2) is 9.78. The average molecular weight is 380 g/mol. The van der Waals surface area contributed by atoms with E-state index in [1.54, 1.807) is 42.5 Å². The Morgan fingerprint density at radius 1 is 1.11 bits per heavy atom. The normalized spacial score (nSPS) is 11.4. The quantitative estimate of drug-likeness (QED) is 0.585.